The van der Waals surface area contributed by atoms with Crippen LogP contribution in [0, 0.1) is 27.7 Å². The number of carbonyl (C=O) groups is 2. The Bertz CT molecular complexity index is 1250. The number of H-pyrrole nitrogens is 1. The lowest BCUT2D eigenvalue weighted by molar-refractivity contribution is -0.116. The Morgan fingerprint density at radius 1 is 0.939 bits per heavy atom. The van der Waals surface area contributed by atoms with Gasteiger partial charge in [-0.25, -0.2) is 0 Å². The zero-order valence-corrected chi connectivity index (χ0v) is 20.1. The molecule has 0 bridgehead atoms. The molecule has 0 aliphatic rings. The Hall–Kier alpha value is -3.46. The molecule has 1 heterocycles. The van der Waals surface area contributed by atoms with E-state index in [9.17, 15) is 14.4 Å². The molecular weight excluding hydrogens is 438 g/mol. The minimum atomic E-state index is -0.448. The van der Waals surface area contributed by atoms with Crippen molar-refractivity contribution in [3.05, 3.63) is 62.9 Å². The Morgan fingerprint density at radius 2 is 1.64 bits per heavy atom. The maximum absolute atomic E-state index is 12.7. The van der Waals surface area contributed by atoms with E-state index >= 15 is 0 Å². The van der Waals surface area contributed by atoms with Crippen molar-refractivity contribution >= 4 is 35.0 Å². The summed E-state index contributed by atoms with van der Waals surface area (Å²) in [6.07, 6.45) is 0.314. The third-order valence-corrected chi connectivity index (χ3v) is 5.85. The molecule has 0 saturated carbocycles. The van der Waals surface area contributed by atoms with Crippen LogP contribution in [0.2, 0.25) is 0 Å². The molecule has 0 unspecified atom stereocenters. The van der Waals surface area contributed by atoms with Gasteiger partial charge >= 0.3 is 0 Å². The van der Waals surface area contributed by atoms with E-state index in [1.54, 1.807) is 19.1 Å². The van der Waals surface area contributed by atoms with Crippen LogP contribution >= 0.6 is 11.8 Å². The topological polar surface area (TPSA) is 117 Å². The third-order valence-electron chi connectivity index (χ3n) is 4.98. The van der Waals surface area contributed by atoms with E-state index in [1.165, 1.54) is 0 Å². The average molecular weight is 466 g/mol. The number of rotatable bonds is 7. The number of aryl methyl sites for hydroxylation is 4. The van der Waals surface area contributed by atoms with E-state index in [0.717, 1.165) is 39.7 Å². The molecule has 9 heteroatoms. The van der Waals surface area contributed by atoms with Gasteiger partial charge in [0.15, 0.2) is 10.9 Å². The summed E-state index contributed by atoms with van der Waals surface area (Å²) < 4.78 is 0. The van der Waals surface area contributed by atoms with Crippen molar-refractivity contribution in [1.29, 1.82) is 0 Å². The second-order valence-electron chi connectivity index (χ2n) is 7.87. The summed E-state index contributed by atoms with van der Waals surface area (Å²) in [7, 11) is 0. The quantitative estimate of drug-likeness (QED) is 0.452. The predicted molar refractivity (Wildman–Crippen MR) is 132 cm³/mol. The highest BCUT2D eigenvalue weighted by atomic mass is 32.2. The van der Waals surface area contributed by atoms with Crippen LogP contribution in [0.3, 0.4) is 0 Å². The first-order chi connectivity index (χ1) is 15.7. The van der Waals surface area contributed by atoms with Gasteiger partial charge in [0.05, 0.1) is 11.4 Å². The van der Waals surface area contributed by atoms with Crippen molar-refractivity contribution in [3.63, 3.8) is 0 Å². The number of aromatic nitrogens is 3. The van der Waals surface area contributed by atoms with Gasteiger partial charge in [0.1, 0.15) is 0 Å². The summed E-state index contributed by atoms with van der Waals surface area (Å²) in [6, 6.07) is 9.38. The molecule has 172 valence electrons. The molecule has 2 amide bonds. The highest BCUT2D eigenvalue weighted by Gasteiger charge is 2.15. The van der Waals surface area contributed by atoms with Gasteiger partial charge in [0.25, 0.3) is 5.56 Å². The number of benzene rings is 2. The fraction of sp³-hybridized carbons (Fsp3) is 0.292. The maximum atomic E-state index is 12.7. The van der Waals surface area contributed by atoms with Gasteiger partial charge in [0, 0.05) is 17.7 Å². The summed E-state index contributed by atoms with van der Waals surface area (Å²) in [5.74, 6) is -0.300. The molecule has 0 radical (unpaired) electrons. The van der Waals surface area contributed by atoms with Crippen molar-refractivity contribution in [2.24, 2.45) is 0 Å². The van der Waals surface area contributed by atoms with Crippen molar-refractivity contribution < 1.29 is 9.59 Å². The summed E-state index contributed by atoms with van der Waals surface area (Å²) in [5, 5.41) is 14.1. The molecular formula is C24H27N5O3S. The lowest BCUT2D eigenvalue weighted by Gasteiger charge is -2.12. The molecule has 0 spiro atoms. The summed E-state index contributed by atoms with van der Waals surface area (Å²) >= 11 is 1.09. The largest absolute Gasteiger partial charge is 0.325 e. The first kappa shape index (κ1) is 24.2. The van der Waals surface area contributed by atoms with Crippen molar-refractivity contribution in [1.82, 2.24) is 15.2 Å². The zero-order valence-electron chi connectivity index (χ0n) is 19.3. The lowest BCUT2D eigenvalue weighted by atomic mass is 10.1. The molecule has 33 heavy (non-hydrogen) atoms. The van der Waals surface area contributed by atoms with E-state index in [1.807, 2.05) is 45.9 Å². The van der Waals surface area contributed by atoms with E-state index < -0.39 is 5.56 Å². The van der Waals surface area contributed by atoms with Gasteiger partial charge in [-0.3, -0.25) is 19.4 Å². The van der Waals surface area contributed by atoms with Crippen LogP contribution in [0.4, 0.5) is 11.4 Å². The van der Waals surface area contributed by atoms with Crippen LogP contribution in [-0.4, -0.2) is 32.7 Å². The highest BCUT2D eigenvalue weighted by Crippen LogP contribution is 2.26. The second-order valence-corrected chi connectivity index (χ2v) is 8.83. The van der Waals surface area contributed by atoms with Gasteiger partial charge in [0.2, 0.25) is 11.8 Å². The van der Waals surface area contributed by atoms with E-state index in [0.29, 0.717) is 17.7 Å². The average Bonchev–Trinajstić information content (AvgIpc) is 2.76. The van der Waals surface area contributed by atoms with Crippen LogP contribution in [-0.2, 0) is 9.59 Å². The predicted octanol–water partition coefficient (Wildman–Crippen LogP) is 4.14. The Balaban J connectivity index is 1.74. The molecule has 3 rings (SSSR count). The molecule has 0 aliphatic heterocycles. The fourth-order valence-electron chi connectivity index (χ4n) is 3.45. The van der Waals surface area contributed by atoms with Crippen LogP contribution < -0.4 is 16.2 Å². The van der Waals surface area contributed by atoms with Crippen molar-refractivity contribution in [3.8, 4) is 11.3 Å². The van der Waals surface area contributed by atoms with Crippen LogP contribution in [0.5, 0.6) is 0 Å². The number of thioether (sulfide) groups is 1. The SMILES string of the molecule is CCC(=O)Nc1ccc(C)cc1-c1nnc(SCC(=O)Nc2c(C)cc(C)cc2C)[nH]c1=O. The first-order valence-corrected chi connectivity index (χ1v) is 11.5. The second kappa shape index (κ2) is 10.4. The normalized spacial score (nSPS) is 10.7. The maximum Gasteiger partial charge on any atom is 0.278 e. The van der Waals surface area contributed by atoms with Gasteiger partial charge < -0.3 is 10.6 Å². The lowest BCUT2D eigenvalue weighted by Crippen LogP contribution is -2.19. The molecule has 3 aromatic rings. The molecule has 0 saturated heterocycles. The highest BCUT2D eigenvalue weighted by molar-refractivity contribution is 7.99. The first-order valence-electron chi connectivity index (χ1n) is 10.6. The number of anilines is 2. The van der Waals surface area contributed by atoms with E-state index in [2.05, 4.69) is 25.8 Å². The van der Waals surface area contributed by atoms with E-state index in [4.69, 9.17) is 0 Å². The monoisotopic (exact) mass is 465 g/mol. The smallest absolute Gasteiger partial charge is 0.278 e. The Morgan fingerprint density at radius 3 is 2.27 bits per heavy atom. The molecule has 3 N–H and O–H groups in total. The minimum Gasteiger partial charge on any atom is -0.325 e. The van der Waals surface area contributed by atoms with Gasteiger partial charge in [-0.05, 0) is 51.0 Å². The summed E-state index contributed by atoms with van der Waals surface area (Å²) in [5.41, 5.74) is 5.47. The van der Waals surface area contributed by atoms with Gasteiger partial charge in [-0.15, -0.1) is 10.2 Å². The fourth-order valence-corrected chi connectivity index (χ4v) is 4.05. The van der Waals surface area contributed by atoms with Crippen LogP contribution in [0.25, 0.3) is 11.3 Å². The number of hydrogen-bond donors (Lipinski definition) is 3. The zero-order chi connectivity index (χ0) is 24.1. The molecule has 0 fully saturated rings. The van der Waals surface area contributed by atoms with Gasteiger partial charge in [-0.1, -0.05) is 48.0 Å². The summed E-state index contributed by atoms with van der Waals surface area (Å²) in [4.78, 5) is 39.7. The molecule has 1 aromatic heterocycles. The third kappa shape index (κ3) is 6.07. The number of hydrogen-bond acceptors (Lipinski definition) is 6. The number of carbonyl (C=O) groups excluding carboxylic acids is 2. The molecule has 2 aromatic carbocycles. The molecule has 8 nitrogen and oxygen atoms in total. The number of aromatic amines is 1. The minimum absolute atomic E-state index is 0.0684. The summed E-state index contributed by atoms with van der Waals surface area (Å²) in [6.45, 7) is 9.55. The number of amides is 2. The number of nitrogens with zero attached hydrogens (tertiary/aromatic N) is 2. The molecule has 0 atom stereocenters. The van der Waals surface area contributed by atoms with E-state index in [-0.39, 0.29) is 28.4 Å². The van der Waals surface area contributed by atoms with Crippen LogP contribution in [0.15, 0.2) is 40.3 Å². The Labute approximate surface area is 196 Å². The number of nitrogens with one attached hydrogen (secondary N) is 3. The standard InChI is InChI=1S/C24H27N5O3S/c1-6-19(30)25-18-8-7-13(2)11-17(18)22-23(32)27-24(29-28-22)33-12-20(31)26-21-15(4)9-14(3)10-16(21)5/h7-11H,6,12H2,1-5H3,(H,25,30)(H,26,31)(H,27,29,32). The van der Waals surface area contributed by atoms with Crippen molar-refractivity contribution in [2.45, 2.75) is 46.2 Å². The van der Waals surface area contributed by atoms with Crippen LogP contribution in [0.1, 0.15) is 35.6 Å². The van der Waals surface area contributed by atoms with Gasteiger partial charge in [-0.2, -0.15) is 0 Å². The van der Waals surface area contributed by atoms with Crippen molar-refractivity contribution in [2.75, 3.05) is 16.4 Å². The Kier molecular flexibility index (Phi) is 7.65. The molecule has 0 aliphatic carbocycles.